The van der Waals surface area contributed by atoms with Crippen molar-refractivity contribution in [1.29, 1.82) is 0 Å². The Morgan fingerprint density at radius 3 is 2.50 bits per heavy atom. The van der Waals surface area contributed by atoms with Crippen LogP contribution in [0.4, 0.5) is 0 Å². The van der Waals surface area contributed by atoms with E-state index in [2.05, 4.69) is 24.0 Å². The molecule has 1 aliphatic heterocycles. The molecule has 0 spiro atoms. The van der Waals surface area contributed by atoms with Crippen LogP contribution in [0.1, 0.15) is 13.3 Å². The van der Waals surface area contributed by atoms with E-state index in [1.807, 2.05) is 0 Å². The highest BCUT2D eigenvalue weighted by Crippen LogP contribution is 2.07. The molecule has 2 heteroatoms. The molecule has 1 N–H and O–H groups in total. The molecule has 2 nitrogen and oxygen atoms in total. The van der Waals surface area contributed by atoms with E-state index in [1.54, 1.807) is 0 Å². The van der Waals surface area contributed by atoms with Crippen LogP contribution in [0.3, 0.4) is 0 Å². The van der Waals surface area contributed by atoms with Gasteiger partial charge in [0.15, 0.2) is 0 Å². The lowest BCUT2D eigenvalue weighted by Gasteiger charge is -2.23. The van der Waals surface area contributed by atoms with Crippen molar-refractivity contribution >= 4 is 0 Å². The lowest BCUT2D eigenvalue weighted by atomic mass is 10.2. The molecule has 1 aliphatic rings. The Bertz CT molecular complexity index is 110. The summed E-state index contributed by atoms with van der Waals surface area (Å²) in [6.07, 6.45) is 5.34. The Labute approximate surface area is 62.2 Å². The summed E-state index contributed by atoms with van der Waals surface area (Å²) < 4.78 is 0. The predicted molar refractivity (Wildman–Crippen MR) is 41.9 cm³/mol. The van der Waals surface area contributed by atoms with Gasteiger partial charge in [-0.2, -0.15) is 0 Å². The summed E-state index contributed by atoms with van der Waals surface area (Å²) in [7, 11) is 0. The van der Waals surface area contributed by atoms with Crippen LogP contribution in [0, 0.1) is 0 Å². The van der Waals surface area contributed by atoms with Crippen molar-refractivity contribution in [2.24, 2.45) is 0 Å². The van der Waals surface area contributed by atoms with Gasteiger partial charge in [-0.3, -0.25) is 4.90 Å². The van der Waals surface area contributed by atoms with E-state index in [9.17, 15) is 0 Å². The van der Waals surface area contributed by atoms with Crippen LogP contribution < -0.4 is 0 Å². The van der Waals surface area contributed by atoms with Crippen molar-refractivity contribution in [2.75, 3.05) is 19.7 Å². The Kier molecular flexibility index (Phi) is 2.90. The van der Waals surface area contributed by atoms with Crippen LogP contribution in [0.25, 0.3) is 0 Å². The van der Waals surface area contributed by atoms with E-state index in [1.165, 1.54) is 0 Å². The summed E-state index contributed by atoms with van der Waals surface area (Å²) in [4.78, 5) is 2.28. The van der Waals surface area contributed by atoms with Gasteiger partial charge >= 0.3 is 0 Å². The number of rotatable bonds is 3. The second-order valence-electron chi connectivity index (χ2n) is 2.67. The van der Waals surface area contributed by atoms with Gasteiger partial charge in [-0.25, -0.2) is 0 Å². The molecular weight excluding hydrogens is 126 g/mol. The Morgan fingerprint density at radius 2 is 2.10 bits per heavy atom. The summed E-state index contributed by atoms with van der Waals surface area (Å²) in [6.45, 7) is 4.43. The maximum atomic E-state index is 8.92. The SMILES string of the molecule is CC[C@@H](CO)N1CC=CC1. The second kappa shape index (κ2) is 3.74. The first-order chi connectivity index (χ1) is 4.88. The number of nitrogens with zero attached hydrogens (tertiary/aromatic N) is 1. The summed E-state index contributed by atoms with van der Waals surface area (Å²) in [5.41, 5.74) is 0. The quantitative estimate of drug-likeness (QED) is 0.583. The summed E-state index contributed by atoms with van der Waals surface area (Å²) in [6, 6.07) is 0.370. The molecule has 10 heavy (non-hydrogen) atoms. The molecule has 0 unspecified atom stereocenters. The average molecular weight is 141 g/mol. The molecular formula is C8H15NO. The highest BCUT2D eigenvalue weighted by atomic mass is 16.3. The maximum Gasteiger partial charge on any atom is 0.0587 e. The molecule has 0 aromatic rings. The third-order valence-corrected chi connectivity index (χ3v) is 2.04. The van der Waals surface area contributed by atoms with Crippen molar-refractivity contribution in [1.82, 2.24) is 4.90 Å². The smallest absolute Gasteiger partial charge is 0.0587 e. The first-order valence-electron chi connectivity index (χ1n) is 3.88. The van der Waals surface area contributed by atoms with Gasteiger partial charge in [-0.1, -0.05) is 19.1 Å². The van der Waals surface area contributed by atoms with Crippen molar-refractivity contribution in [2.45, 2.75) is 19.4 Å². The van der Waals surface area contributed by atoms with Crippen LogP contribution in [-0.2, 0) is 0 Å². The average Bonchev–Trinajstić information content (AvgIpc) is 2.43. The zero-order valence-corrected chi connectivity index (χ0v) is 6.45. The van der Waals surface area contributed by atoms with E-state index in [4.69, 9.17) is 5.11 Å². The third-order valence-electron chi connectivity index (χ3n) is 2.04. The van der Waals surface area contributed by atoms with E-state index in [-0.39, 0.29) is 6.61 Å². The van der Waals surface area contributed by atoms with E-state index >= 15 is 0 Å². The fourth-order valence-electron chi connectivity index (χ4n) is 1.30. The first-order valence-corrected chi connectivity index (χ1v) is 3.88. The van der Waals surface area contributed by atoms with Gasteiger partial charge in [0.1, 0.15) is 0 Å². The highest BCUT2D eigenvalue weighted by Gasteiger charge is 2.15. The normalized spacial score (nSPS) is 21.8. The van der Waals surface area contributed by atoms with Gasteiger partial charge in [0.2, 0.25) is 0 Å². The number of hydrogen-bond acceptors (Lipinski definition) is 2. The zero-order valence-electron chi connectivity index (χ0n) is 6.45. The van der Waals surface area contributed by atoms with Crippen LogP contribution in [0.2, 0.25) is 0 Å². The Balaban J connectivity index is 2.31. The minimum atomic E-state index is 0.290. The molecule has 0 saturated heterocycles. The summed E-state index contributed by atoms with van der Waals surface area (Å²) in [5, 5.41) is 8.92. The Morgan fingerprint density at radius 1 is 1.50 bits per heavy atom. The molecule has 1 heterocycles. The van der Waals surface area contributed by atoms with Gasteiger partial charge in [0.05, 0.1) is 6.61 Å². The van der Waals surface area contributed by atoms with Crippen molar-refractivity contribution in [3.63, 3.8) is 0 Å². The topological polar surface area (TPSA) is 23.5 Å². The zero-order chi connectivity index (χ0) is 7.40. The van der Waals surface area contributed by atoms with Crippen LogP contribution >= 0.6 is 0 Å². The molecule has 0 radical (unpaired) electrons. The molecule has 0 amide bonds. The molecule has 1 rings (SSSR count). The fraction of sp³-hybridized carbons (Fsp3) is 0.750. The predicted octanol–water partition coefficient (Wildman–Crippen LogP) is 0.629. The first kappa shape index (κ1) is 7.76. The maximum absolute atomic E-state index is 8.92. The van der Waals surface area contributed by atoms with Gasteiger partial charge in [0, 0.05) is 19.1 Å². The molecule has 0 aliphatic carbocycles. The molecule has 0 bridgehead atoms. The molecule has 0 aromatic heterocycles. The van der Waals surface area contributed by atoms with Gasteiger partial charge in [0.25, 0.3) is 0 Å². The van der Waals surface area contributed by atoms with Crippen molar-refractivity contribution in [3.8, 4) is 0 Å². The number of hydrogen-bond donors (Lipinski definition) is 1. The van der Waals surface area contributed by atoms with Gasteiger partial charge in [-0.15, -0.1) is 0 Å². The van der Waals surface area contributed by atoms with Crippen molar-refractivity contribution in [3.05, 3.63) is 12.2 Å². The lowest BCUT2D eigenvalue weighted by molar-refractivity contribution is 0.147. The molecule has 0 fully saturated rings. The number of aliphatic hydroxyl groups excluding tert-OH is 1. The third kappa shape index (κ3) is 1.58. The number of aliphatic hydroxyl groups is 1. The standard InChI is InChI=1S/C8H15NO/c1-2-8(7-10)9-5-3-4-6-9/h3-4,8,10H,2,5-7H2,1H3/t8-/m0/s1. The molecule has 0 aromatic carbocycles. The Hall–Kier alpha value is -0.340. The van der Waals surface area contributed by atoms with E-state index in [0.717, 1.165) is 19.5 Å². The van der Waals surface area contributed by atoms with Crippen LogP contribution in [-0.4, -0.2) is 35.7 Å². The van der Waals surface area contributed by atoms with Gasteiger partial charge in [-0.05, 0) is 6.42 Å². The monoisotopic (exact) mass is 141 g/mol. The minimum Gasteiger partial charge on any atom is -0.395 e. The van der Waals surface area contributed by atoms with Crippen LogP contribution in [0.5, 0.6) is 0 Å². The minimum absolute atomic E-state index is 0.290. The molecule has 0 saturated carbocycles. The van der Waals surface area contributed by atoms with Crippen LogP contribution in [0.15, 0.2) is 12.2 Å². The van der Waals surface area contributed by atoms with Gasteiger partial charge < -0.3 is 5.11 Å². The molecule has 58 valence electrons. The largest absolute Gasteiger partial charge is 0.395 e. The lowest BCUT2D eigenvalue weighted by Crippen LogP contribution is -2.35. The molecule has 1 atom stereocenters. The highest BCUT2D eigenvalue weighted by molar-refractivity contribution is 4.97. The van der Waals surface area contributed by atoms with Crippen molar-refractivity contribution < 1.29 is 5.11 Å². The van der Waals surface area contributed by atoms with E-state index in [0.29, 0.717) is 6.04 Å². The van der Waals surface area contributed by atoms with E-state index < -0.39 is 0 Å². The summed E-state index contributed by atoms with van der Waals surface area (Å²) >= 11 is 0. The second-order valence-corrected chi connectivity index (χ2v) is 2.67. The fourth-order valence-corrected chi connectivity index (χ4v) is 1.30. The summed E-state index contributed by atoms with van der Waals surface area (Å²) in [5.74, 6) is 0.